The molecule has 1 aromatic carbocycles. The summed E-state index contributed by atoms with van der Waals surface area (Å²) in [7, 11) is 0. The number of carbonyl (C=O) groups is 1. The molecule has 1 aromatic rings. The lowest BCUT2D eigenvalue weighted by molar-refractivity contribution is -0.135. The molecular formula is C17H26N2O3S. The molecule has 0 aromatic heterocycles. The fourth-order valence-electron chi connectivity index (χ4n) is 3.11. The van der Waals surface area contributed by atoms with Gasteiger partial charge >= 0.3 is 0 Å². The molecule has 6 N–H and O–H groups in total. The number of primary amides is 1. The van der Waals surface area contributed by atoms with Crippen molar-refractivity contribution in [2.45, 2.75) is 43.4 Å². The number of rotatable bonds is 7. The van der Waals surface area contributed by atoms with Crippen molar-refractivity contribution in [3.8, 4) is 0 Å². The summed E-state index contributed by atoms with van der Waals surface area (Å²) in [5, 5.41) is 21.2. The molecule has 1 aliphatic heterocycles. The third-order valence-electron chi connectivity index (χ3n) is 4.64. The molecular weight excluding hydrogens is 312 g/mol. The van der Waals surface area contributed by atoms with Crippen LogP contribution in [0.25, 0.3) is 0 Å². The number of aliphatic hydroxyl groups is 2. The average molecular weight is 338 g/mol. The fourth-order valence-corrected chi connectivity index (χ4v) is 4.31. The van der Waals surface area contributed by atoms with Crippen LogP contribution in [0.2, 0.25) is 0 Å². The maximum atomic E-state index is 11.8. The Labute approximate surface area is 141 Å². The van der Waals surface area contributed by atoms with Crippen molar-refractivity contribution >= 4 is 17.7 Å². The first-order valence-electron chi connectivity index (χ1n) is 7.99. The van der Waals surface area contributed by atoms with Gasteiger partial charge in [-0.25, -0.2) is 0 Å². The normalized spacial score (nSPS) is 21.3. The molecule has 128 valence electrons. The number of hydrogen-bond donors (Lipinski definition) is 4. The second-order valence-electron chi connectivity index (χ2n) is 6.33. The van der Waals surface area contributed by atoms with Gasteiger partial charge in [-0.15, -0.1) is 0 Å². The minimum absolute atomic E-state index is 0.102. The number of hydrogen-bond acceptors (Lipinski definition) is 5. The summed E-state index contributed by atoms with van der Waals surface area (Å²) < 4.78 is 0. The van der Waals surface area contributed by atoms with E-state index in [0.717, 1.165) is 17.1 Å². The SMILES string of the molecule is NC(=O)[C@@H](C[C@H](O)[C@@H](N)Cc1ccccc1)C1(O)CCSCC1. The van der Waals surface area contributed by atoms with Crippen molar-refractivity contribution in [2.24, 2.45) is 17.4 Å². The van der Waals surface area contributed by atoms with Gasteiger partial charge in [0, 0.05) is 6.04 Å². The molecule has 1 heterocycles. The van der Waals surface area contributed by atoms with Gasteiger partial charge in [0.2, 0.25) is 5.91 Å². The van der Waals surface area contributed by atoms with E-state index in [1.165, 1.54) is 0 Å². The number of benzene rings is 1. The van der Waals surface area contributed by atoms with Gasteiger partial charge in [0.25, 0.3) is 0 Å². The highest BCUT2D eigenvalue weighted by atomic mass is 32.2. The molecule has 0 aliphatic carbocycles. The largest absolute Gasteiger partial charge is 0.391 e. The average Bonchev–Trinajstić information content (AvgIpc) is 2.53. The van der Waals surface area contributed by atoms with Crippen molar-refractivity contribution in [3.05, 3.63) is 35.9 Å². The summed E-state index contributed by atoms with van der Waals surface area (Å²) in [5.74, 6) is 0.268. The van der Waals surface area contributed by atoms with E-state index in [0.29, 0.717) is 19.3 Å². The van der Waals surface area contributed by atoms with Gasteiger partial charge in [0.1, 0.15) is 0 Å². The van der Waals surface area contributed by atoms with E-state index in [9.17, 15) is 15.0 Å². The van der Waals surface area contributed by atoms with Gasteiger partial charge in [-0.05, 0) is 42.8 Å². The number of carbonyl (C=O) groups excluding carboxylic acids is 1. The molecule has 2 rings (SSSR count). The Morgan fingerprint density at radius 1 is 1.26 bits per heavy atom. The minimum Gasteiger partial charge on any atom is -0.391 e. The van der Waals surface area contributed by atoms with Gasteiger partial charge in [-0.2, -0.15) is 11.8 Å². The van der Waals surface area contributed by atoms with Crippen LogP contribution < -0.4 is 11.5 Å². The standard InChI is InChI=1S/C17H26N2O3S/c18-14(10-12-4-2-1-3-5-12)15(20)11-13(16(19)21)17(22)6-8-23-9-7-17/h1-5,13-15,20,22H,6-11,18H2,(H2,19,21)/t13-,14+,15+/m1/s1. The van der Waals surface area contributed by atoms with Crippen LogP contribution in [0.15, 0.2) is 30.3 Å². The lowest BCUT2D eigenvalue weighted by Gasteiger charge is -2.38. The summed E-state index contributed by atoms with van der Waals surface area (Å²) in [4.78, 5) is 11.8. The molecule has 0 spiro atoms. The molecule has 1 amide bonds. The molecule has 0 saturated carbocycles. The Kier molecular flexibility index (Phi) is 6.47. The van der Waals surface area contributed by atoms with E-state index in [1.807, 2.05) is 30.3 Å². The van der Waals surface area contributed by atoms with Gasteiger partial charge in [-0.3, -0.25) is 4.79 Å². The molecule has 0 radical (unpaired) electrons. The second kappa shape index (κ2) is 8.15. The lowest BCUT2D eigenvalue weighted by atomic mass is 9.77. The molecule has 1 saturated heterocycles. The Morgan fingerprint density at radius 2 is 1.87 bits per heavy atom. The first-order chi connectivity index (χ1) is 10.9. The van der Waals surface area contributed by atoms with Gasteiger partial charge in [-0.1, -0.05) is 30.3 Å². The summed E-state index contributed by atoms with van der Waals surface area (Å²) >= 11 is 1.75. The summed E-state index contributed by atoms with van der Waals surface area (Å²) in [5.41, 5.74) is 11.5. The van der Waals surface area contributed by atoms with E-state index in [-0.39, 0.29) is 6.42 Å². The van der Waals surface area contributed by atoms with E-state index < -0.39 is 29.6 Å². The van der Waals surface area contributed by atoms with Crippen LogP contribution in [0.5, 0.6) is 0 Å². The van der Waals surface area contributed by atoms with E-state index in [2.05, 4.69) is 0 Å². The summed E-state index contributed by atoms with van der Waals surface area (Å²) in [6.45, 7) is 0. The van der Waals surface area contributed by atoms with Gasteiger partial charge in [0.15, 0.2) is 0 Å². The Bertz CT molecular complexity index is 506. The highest BCUT2D eigenvalue weighted by molar-refractivity contribution is 7.99. The maximum absolute atomic E-state index is 11.8. The van der Waals surface area contributed by atoms with Crippen LogP contribution in [0, 0.1) is 5.92 Å². The molecule has 1 fully saturated rings. The Balaban J connectivity index is 2.00. The number of aliphatic hydroxyl groups excluding tert-OH is 1. The number of thioether (sulfide) groups is 1. The molecule has 23 heavy (non-hydrogen) atoms. The number of nitrogens with two attached hydrogens (primary N) is 2. The van der Waals surface area contributed by atoms with Crippen molar-refractivity contribution < 1.29 is 15.0 Å². The molecule has 6 heteroatoms. The van der Waals surface area contributed by atoms with Crippen LogP contribution >= 0.6 is 11.8 Å². The van der Waals surface area contributed by atoms with Gasteiger partial charge in [0.05, 0.1) is 17.6 Å². The van der Waals surface area contributed by atoms with Crippen LogP contribution in [-0.4, -0.2) is 45.4 Å². The maximum Gasteiger partial charge on any atom is 0.223 e. The van der Waals surface area contributed by atoms with Gasteiger partial charge < -0.3 is 21.7 Å². The van der Waals surface area contributed by atoms with Crippen LogP contribution in [-0.2, 0) is 11.2 Å². The monoisotopic (exact) mass is 338 g/mol. The van der Waals surface area contributed by atoms with Crippen molar-refractivity contribution in [1.29, 1.82) is 0 Å². The zero-order chi connectivity index (χ0) is 16.9. The molecule has 0 unspecified atom stereocenters. The second-order valence-corrected chi connectivity index (χ2v) is 7.55. The van der Waals surface area contributed by atoms with Crippen LogP contribution in [0.3, 0.4) is 0 Å². The molecule has 5 nitrogen and oxygen atoms in total. The quantitative estimate of drug-likeness (QED) is 0.584. The topological polar surface area (TPSA) is 110 Å². The highest BCUT2D eigenvalue weighted by Gasteiger charge is 2.42. The van der Waals surface area contributed by atoms with Crippen LogP contribution in [0.1, 0.15) is 24.8 Å². The van der Waals surface area contributed by atoms with E-state index >= 15 is 0 Å². The Morgan fingerprint density at radius 3 is 2.43 bits per heavy atom. The van der Waals surface area contributed by atoms with Crippen molar-refractivity contribution in [1.82, 2.24) is 0 Å². The summed E-state index contributed by atoms with van der Waals surface area (Å²) in [6.07, 6.45) is 0.774. The van der Waals surface area contributed by atoms with Crippen molar-refractivity contribution in [2.75, 3.05) is 11.5 Å². The first kappa shape index (κ1) is 18.3. The van der Waals surface area contributed by atoms with E-state index in [1.54, 1.807) is 11.8 Å². The van der Waals surface area contributed by atoms with Crippen molar-refractivity contribution in [3.63, 3.8) is 0 Å². The fraction of sp³-hybridized carbons (Fsp3) is 0.588. The minimum atomic E-state index is -1.12. The zero-order valence-electron chi connectivity index (χ0n) is 13.2. The predicted octanol–water partition coefficient (Wildman–Crippen LogP) is 0.667. The molecule has 0 bridgehead atoms. The first-order valence-corrected chi connectivity index (χ1v) is 9.15. The smallest absolute Gasteiger partial charge is 0.223 e. The lowest BCUT2D eigenvalue weighted by Crippen LogP contribution is -2.51. The summed E-state index contributed by atoms with van der Waals surface area (Å²) in [6, 6.07) is 9.16. The third kappa shape index (κ3) is 4.94. The molecule has 1 aliphatic rings. The Hall–Kier alpha value is -1.08. The molecule has 3 atom stereocenters. The van der Waals surface area contributed by atoms with Crippen LogP contribution in [0.4, 0.5) is 0 Å². The third-order valence-corrected chi connectivity index (χ3v) is 5.62. The van der Waals surface area contributed by atoms with E-state index in [4.69, 9.17) is 11.5 Å². The number of amides is 1. The highest BCUT2D eigenvalue weighted by Crippen LogP contribution is 2.35. The predicted molar refractivity (Wildman–Crippen MR) is 92.9 cm³/mol. The zero-order valence-corrected chi connectivity index (χ0v) is 14.0.